The van der Waals surface area contributed by atoms with E-state index in [0.717, 1.165) is 29.9 Å². The Morgan fingerprint density at radius 2 is 1.93 bits per heavy atom. The van der Waals surface area contributed by atoms with Gasteiger partial charge >= 0.3 is 12.1 Å². The van der Waals surface area contributed by atoms with E-state index in [1.54, 1.807) is 24.5 Å². The summed E-state index contributed by atoms with van der Waals surface area (Å²) in [4.78, 5) is 18.6. The van der Waals surface area contributed by atoms with Crippen LogP contribution in [0.5, 0.6) is 0 Å². The first kappa shape index (κ1) is 21.5. The van der Waals surface area contributed by atoms with Gasteiger partial charge in [-0.2, -0.15) is 13.2 Å². The van der Waals surface area contributed by atoms with Crippen LogP contribution in [-0.4, -0.2) is 30.8 Å². The number of halogens is 3. The van der Waals surface area contributed by atoms with Crippen LogP contribution in [0.2, 0.25) is 0 Å². The van der Waals surface area contributed by atoms with Crippen LogP contribution in [-0.2, 0) is 23.9 Å². The highest BCUT2D eigenvalue weighted by Gasteiger charge is 2.30. The van der Waals surface area contributed by atoms with Crippen LogP contribution < -0.4 is 0 Å². The molecule has 0 heterocycles. The molecule has 150 valence electrons. The Morgan fingerprint density at radius 1 is 1.18 bits per heavy atom. The summed E-state index contributed by atoms with van der Waals surface area (Å²) in [7, 11) is 1.91. The highest BCUT2D eigenvalue weighted by Crippen LogP contribution is 2.29. The first-order chi connectivity index (χ1) is 13.2. The first-order valence-electron chi connectivity index (χ1n) is 8.95. The molecule has 0 bridgehead atoms. The Balaban J connectivity index is 2.09. The molecule has 7 heteroatoms. The van der Waals surface area contributed by atoms with Gasteiger partial charge in [0.25, 0.3) is 0 Å². The number of esters is 1. The molecule has 4 nitrogen and oxygen atoms in total. The average Bonchev–Trinajstić information content (AvgIpc) is 2.69. The Hall–Kier alpha value is -2.83. The van der Waals surface area contributed by atoms with Gasteiger partial charge in [0.05, 0.1) is 23.2 Å². The molecular weight excluding hydrogens is 369 g/mol. The minimum atomic E-state index is -4.43. The lowest BCUT2D eigenvalue weighted by Gasteiger charge is -2.11. The zero-order valence-electron chi connectivity index (χ0n) is 16.1. The van der Waals surface area contributed by atoms with Crippen LogP contribution in [0.1, 0.15) is 40.9 Å². The van der Waals surface area contributed by atoms with Crippen molar-refractivity contribution in [3.05, 3.63) is 64.7 Å². The van der Waals surface area contributed by atoms with Gasteiger partial charge in [-0.3, -0.25) is 0 Å². The van der Waals surface area contributed by atoms with Gasteiger partial charge in [0.15, 0.2) is 0 Å². The molecule has 28 heavy (non-hydrogen) atoms. The summed E-state index contributed by atoms with van der Waals surface area (Å²) in [6, 6.07) is 9.78. The van der Waals surface area contributed by atoms with Crippen molar-refractivity contribution in [2.75, 3.05) is 13.6 Å². The molecule has 0 aromatic heterocycles. The second-order valence-corrected chi connectivity index (χ2v) is 6.29. The molecule has 0 aliphatic heterocycles. The molecule has 0 unspecified atom stereocenters. The third-order valence-corrected chi connectivity index (χ3v) is 4.21. The fourth-order valence-electron chi connectivity index (χ4n) is 2.43. The second-order valence-electron chi connectivity index (χ2n) is 6.29. The maximum atomic E-state index is 12.8. The van der Waals surface area contributed by atoms with Crippen LogP contribution in [0.4, 0.5) is 18.9 Å². The quantitative estimate of drug-likeness (QED) is 0.368. The van der Waals surface area contributed by atoms with Gasteiger partial charge in [0, 0.05) is 13.6 Å². The molecule has 0 N–H and O–H groups in total. The van der Waals surface area contributed by atoms with Crippen molar-refractivity contribution in [1.29, 1.82) is 0 Å². The summed E-state index contributed by atoms with van der Waals surface area (Å²) in [5.41, 5.74) is 1.49. The highest BCUT2D eigenvalue weighted by atomic mass is 19.4. The van der Waals surface area contributed by atoms with E-state index in [9.17, 15) is 18.0 Å². The lowest BCUT2D eigenvalue weighted by atomic mass is 10.1. The van der Waals surface area contributed by atoms with E-state index >= 15 is 0 Å². The molecular formula is C21H23F3N2O2. The number of alkyl halides is 3. The lowest BCUT2D eigenvalue weighted by Crippen LogP contribution is -2.14. The van der Waals surface area contributed by atoms with E-state index in [1.807, 2.05) is 25.8 Å². The van der Waals surface area contributed by atoms with E-state index in [0.29, 0.717) is 12.0 Å². The Labute approximate surface area is 162 Å². The molecule has 0 saturated carbocycles. The van der Waals surface area contributed by atoms with Crippen molar-refractivity contribution in [2.45, 2.75) is 33.1 Å². The van der Waals surface area contributed by atoms with Crippen molar-refractivity contribution < 1.29 is 22.7 Å². The van der Waals surface area contributed by atoms with Crippen LogP contribution in [0.3, 0.4) is 0 Å². The van der Waals surface area contributed by atoms with Crippen LogP contribution >= 0.6 is 0 Å². The van der Waals surface area contributed by atoms with Crippen molar-refractivity contribution in [2.24, 2.45) is 4.99 Å². The van der Waals surface area contributed by atoms with Gasteiger partial charge in [-0.15, -0.1) is 0 Å². The summed E-state index contributed by atoms with van der Waals surface area (Å²) >= 11 is 0. The number of aliphatic imine (C=N–C) groups is 1. The molecule has 2 aromatic carbocycles. The smallest absolute Gasteiger partial charge is 0.416 e. The first-order valence-corrected chi connectivity index (χ1v) is 8.95. The number of carbonyl (C=O) groups excluding carboxylic acids is 1. The van der Waals surface area contributed by atoms with E-state index in [-0.39, 0.29) is 12.2 Å². The largest absolute Gasteiger partial charge is 0.457 e. The number of benzene rings is 2. The van der Waals surface area contributed by atoms with Gasteiger partial charge in [0.2, 0.25) is 0 Å². The third-order valence-electron chi connectivity index (χ3n) is 4.21. The minimum absolute atomic E-state index is 0.231. The van der Waals surface area contributed by atoms with Gasteiger partial charge in [-0.1, -0.05) is 19.1 Å². The summed E-state index contributed by atoms with van der Waals surface area (Å²) in [6.45, 7) is 4.56. The maximum Gasteiger partial charge on any atom is 0.416 e. The molecule has 0 spiro atoms. The van der Waals surface area contributed by atoms with Gasteiger partial charge in [-0.25, -0.2) is 9.79 Å². The average molecular weight is 392 g/mol. The van der Waals surface area contributed by atoms with E-state index in [2.05, 4.69) is 4.99 Å². The fourth-order valence-corrected chi connectivity index (χ4v) is 2.43. The monoisotopic (exact) mass is 392 g/mol. The van der Waals surface area contributed by atoms with Gasteiger partial charge in [0.1, 0.15) is 6.61 Å². The molecule has 0 aliphatic carbocycles. The van der Waals surface area contributed by atoms with Gasteiger partial charge in [-0.05, 0) is 54.8 Å². The molecule has 0 amide bonds. The third kappa shape index (κ3) is 5.84. The van der Waals surface area contributed by atoms with Crippen LogP contribution in [0.25, 0.3) is 0 Å². The molecule has 2 rings (SSSR count). The van der Waals surface area contributed by atoms with Crippen molar-refractivity contribution in [3.8, 4) is 0 Å². The maximum absolute atomic E-state index is 12.8. The molecule has 0 fully saturated rings. The number of rotatable bonds is 7. The predicted octanol–water partition coefficient (Wildman–Crippen LogP) is 5.24. The summed E-state index contributed by atoms with van der Waals surface area (Å²) in [5.74, 6) is -0.590. The topological polar surface area (TPSA) is 41.9 Å². The molecule has 0 radical (unpaired) electrons. The zero-order chi connectivity index (χ0) is 20.7. The highest BCUT2D eigenvalue weighted by molar-refractivity contribution is 5.90. The van der Waals surface area contributed by atoms with E-state index < -0.39 is 17.7 Å². The van der Waals surface area contributed by atoms with E-state index in [4.69, 9.17) is 4.74 Å². The Morgan fingerprint density at radius 3 is 2.57 bits per heavy atom. The zero-order valence-corrected chi connectivity index (χ0v) is 16.1. The minimum Gasteiger partial charge on any atom is -0.457 e. The van der Waals surface area contributed by atoms with Gasteiger partial charge < -0.3 is 9.64 Å². The lowest BCUT2D eigenvalue weighted by molar-refractivity contribution is -0.137. The number of hydrogen-bond acceptors (Lipinski definition) is 3. The normalized spacial score (nSPS) is 11.6. The van der Waals surface area contributed by atoms with Crippen molar-refractivity contribution in [3.63, 3.8) is 0 Å². The number of nitrogens with zero attached hydrogens (tertiary/aromatic N) is 2. The summed E-state index contributed by atoms with van der Waals surface area (Å²) in [6.07, 6.45) is -2.03. The predicted molar refractivity (Wildman–Crippen MR) is 103 cm³/mol. The Kier molecular flexibility index (Phi) is 7.20. The molecule has 0 saturated heterocycles. The summed E-state index contributed by atoms with van der Waals surface area (Å²) in [5, 5.41) is 0. The van der Waals surface area contributed by atoms with Crippen LogP contribution in [0.15, 0.2) is 47.5 Å². The number of ether oxygens (including phenoxy) is 1. The van der Waals surface area contributed by atoms with E-state index in [1.165, 1.54) is 12.1 Å². The SMILES string of the molecule is CCc1cc(C(=O)OCc2cccc(C(F)(F)F)c2)ccc1N=CN(C)CC. The number of carbonyl (C=O) groups is 1. The second kappa shape index (κ2) is 9.39. The van der Waals surface area contributed by atoms with Crippen molar-refractivity contribution in [1.82, 2.24) is 4.90 Å². The fraction of sp³-hybridized carbons (Fsp3) is 0.333. The molecule has 0 aliphatic rings. The summed E-state index contributed by atoms with van der Waals surface area (Å²) < 4.78 is 43.5. The Bertz CT molecular complexity index is 848. The van der Waals surface area contributed by atoms with Crippen molar-refractivity contribution >= 4 is 18.0 Å². The standard InChI is InChI=1S/C21H23F3N2O2/c1-4-16-12-17(9-10-19(16)25-14-26(3)5-2)20(27)28-13-15-7-6-8-18(11-15)21(22,23)24/h6-12,14H,4-5,13H2,1-3H3. The molecule has 2 aromatic rings. The van der Waals surface area contributed by atoms with Crippen LogP contribution in [0, 0.1) is 0 Å². The number of aryl methyl sites for hydroxylation is 1. The number of hydrogen-bond donors (Lipinski definition) is 0. The molecule has 0 atom stereocenters.